The molecule has 1 N–H and O–H groups in total. The molecule has 158 valence electrons. The van der Waals surface area contributed by atoms with Crippen molar-refractivity contribution in [2.75, 3.05) is 43.9 Å². The van der Waals surface area contributed by atoms with Crippen LogP contribution in [0.4, 0.5) is 5.69 Å². The Hall–Kier alpha value is -1.90. The van der Waals surface area contributed by atoms with E-state index in [1.165, 1.54) is 18.5 Å². The highest BCUT2D eigenvalue weighted by molar-refractivity contribution is 7.96. The number of piperazine rings is 1. The van der Waals surface area contributed by atoms with Crippen molar-refractivity contribution < 1.29 is 4.79 Å². The van der Waals surface area contributed by atoms with Crippen LogP contribution in [0.25, 0.3) is 0 Å². The molecule has 0 radical (unpaired) electrons. The van der Waals surface area contributed by atoms with E-state index in [4.69, 9.17) is 0 Å². The molecule has 0 bridgehead atoms. The summed E-state index contributed by atoms with van der Waals surface area (Å²) in [4.78, 5) is 17.0. The van der Waals surface area contributed by atoms with Gasteiger partial charge in [-0.05, 0) is 38.1 Å². The number of pyridine rings is 1. The average Bonchev–Trinajstić information content (AvgIpc) is 3.42. The number of carbonyl (C=O) groups is 1. The smallest absolute Gasteiger partial charge is 0.168 e. The van der Waals surface area contributed by atoms with Crippen molar-refractivity contribution in [2.45, 2.75) is 31.7 Å². The molecular weight excluding hydrogens is 384 g/mol. The monoisotopic (exact) mass is 416 g/mol. The van der Waals surface area contributed by atoms with E-state index in [0.29, 0.717) is 11.2 Å². The van der Waals surface area contributed by atoms with Crippen LogP contribution >= 0.6 is 11.9 Å². The lowest BCUT2D eigenvalue weighted by Gasteiger charge is -2.35. The summed E-state index contributed by atoms with van der Waals surface area (Å²) in [6.07, 6.45) is 8.16. The van der Waals surface area contributed by atoms with Gasteiger partial charge in [0, 0.05) is 69.0 Å². The number of hydrogen-bond donors (Lipinski definition) is 1. The number of nitrogens with one attached hydrogen (secondary N) is 1. The molecule has 0 unspecified atom stereocenters. The van der Waals surface area contributed by atoms with E-state index in [1.54, 1.807) is 6.20 Å². The zero-order valence-corrected chi connectivity index (χ0v) is 18.5. The molecule has 2 aromatic rings. The van der Waals surface area contributed by atoms with Crippen LogP contribution in [-0.4, -0.2) is 69.9 Å². The minimum Gasteiger partial charge on any atom is -0.369 e. The number of carbonyl (C=O) groups excluding carboxylic acids is 1. The fourth-order valence-electron chi connectivity index (χ4n) is 3.53. The summed E-state index contributed by atoms with van der Waals surface area (Å²) in [6, 6.07) is 5.92. The topological polar surface area (TPSA) is 66.3 Å². The Morgan fingerprint density at radius 2 is 2.00 bits per heavy atom. The first-order valence-corrected chi connectivity index (χ1v) is 11.2. The molecule has 0 amide bonds. The molecule has 2 aromatic heterocycles. The Kier molecular flexibility index (Phi) is 7.69. The Balaban J connectivity index is 0.000000176. The maximum absolute atomic E-state index is 10.7. The van der Waals surface area contributed by atoms with Crippen LogP contribution in [0.1, 0.15) is 35.9 Å². The van der Waals surface area contributed by atoms with Gasteiger partial charge in [-0.25, -0.2) is 4.31 Å². The van der Waals surface area contributed by atoms with Crippen molar-refractivity contribution in [3.05, 3.63) is 42.0 Å². The number of likely N-dealkylation sites (N-methyl/N-ethyl adjacent to an activating group) is 1. The van der Waals surface area contributed by atoms with Gasteiger partial charge < -0.3 is 10.2 Å². The molecule has 0 atom stereocenters. The molecule has 0 spiro atoms. The number of anilines is 1. The van der Waals surface area contributed by atoms with Gasteiger partial charge in [-0.2, -0.15) is 5.10 Å². The number of aromatic nitrogens is 3. The molecule has 0 aromatic carbocycles. The third-order valence-electron chi connectivity index (χ3n) is 5.47. The summed E-state index contributed by atoms with van der Waals surface area (Å²) >= 11 is 1.90. The molecule has 1 aliphatic carbocycles. The summed E-state index contributed by atoms with van der Waals surface area (Å²) in [5.74, 6) is 1.13. The van der Waals surface area contributed by atoms with E-state index >= 15 is 0 Å². The number of nitrogens with zero attached hydrogens (tertiary/aromatic N) is 5. The molecule has 1 saturated heterocycles. The molecule has 7 nitrogen and oxygen atoms in total. The van der Waals surface area contributed by atoms with Gasteiger partial charge in [0.15, 0.2) is 6.29 Å². The Bertz CT molecular complexity index is 783. The second-order valence-electron chi connectivity index (χ2n) is 7.58. The maximum atomic E-state index is 10.7. The molecule has 3 heterocycles. The highest BCUT2D eigenvalue weighted by Gasteiger charge is 2.41. The number of rotatable bonds is 7. The summed E-state index contributed by atoms with van der Waals surface area (Å²) in [5, 5.41) is 7.72. The standard InChI is InChI=1S/C12H17N3OS.C9H15N3/c1-2-17-15-7-5-14(6-8-15)12-3-4-13-11(9-12)10-16;1-10-9(4-5-9)7-8-3-6-12(2)11-8/h3-4,9-10H,2,5-8H2,1H3;3,6,10H,4-5,7H2,1-2H3. The van der Waals surface area contributed by atoms with Crippen LogP contribution < -0.4 is 10.2 Å². The van der Waals surface area contributed by atoms with Crippen molar-refractivity contribution in [3.63, 3.8) is 0 Å². The molecular formula is C21H32N6OS. The molecule has 1 saturated carbocycles. The van der Waals surface area contributed by atoms with Crippen molar-refractivity contribution in [1.29, 1.82) is 0 Å². The van der Waals surface area contributed by atoms with Crippen molar-refractivity contribution in [2.24, 2.45) is 7.05 Å². The SMILES string of the molecule is CCSN1CCN(c2ccnc(C=O)c2)CC1.CNC1(Cc2ccn(C)n2)CC1. The first kappa shape index (κ1) is 21.8. The molecule has 4 rings (SSSR count). The molecule has 1 aliphatic heterocycles. The predicted octanol–water partition coefficient (Wildman–Crippen LogP) is 2.40. The average molecular weight is 417 g/mol. The van der Waals surface area contributed by atoms with Gasteiger partial charge in [-0.1, -0.05) is 18.9 Å². The zero-order valence-electron chi connectivity index (χ0n) is 17.7. The lowest BCUT2D eigenvalue weighted by Crippen LogP contribution is -2.43. The third-order valence-corrected chi connectivity index (χ3v) is 6.46. The van der Waals surface area contributed by atoms with Crippen molar-refractivity contribution >= 4 is 23.9 Å². The van der Waals surface area contributed by atoms with Gasteiger partial charge in [0.25, 0.3) is 0 Å². The lowest BCUT2D eigenvalue weighted by atomic mass is 10.1. The molecule has 2 aliphatic rings. The lowest BCUT2D eigenvalue weighted by molar-refractivity contribution is 0.111. The second kappa shape index (κ2) is 10.2. The third kappa shape index (κ3) is 6.29. The Labute approximate surface area is 178 Å². The van der Waals surface area contributed by atoms with Crippen molar-refractivity contribution in [3.8, 4) is 0 Å². The summed E-state index contributed by atoms with van der Waals surface area (Å²) in [6.45, 7) is 6.33. The normalized spacial score (nSPS) is 18.1. The summed E-state index contributed by atoms with van der Waals surface area (Å²) in [5.41, 5.74) is 3.19. The quantitative estimate of drug-likeness (QED) is 0.549. The zero-order chi connectivity index (χ0) is 20.7. The van der Waals surface area contributed by atoms with E-state index < -0.39 is 0 Å². The van der Waals surface area contributed by atoms with Crippen LogP contribution in [-0.2, 0) is 13.5 Å². The fourth-order valence-corrected chi connectivity index (χ4v) is 4.31. The van der Waals surface area contributed by atoms with Gasteiger partial charge in [-0.3, -0.25) is 14.5 Å². The maximum Gasteiger partial charge on any atom is 0.168 e. The van der Waals surface area contributed by atoms with Gasteiger partial charge >= 0.3 is 0 Å². The van der Waals surface area contributed by atoms with Crippen molar-refractivity contribution in [1.82, 2.24) is 24.4 Å². The van der Waals surface area contributed by atoms with Crippen LogP contribution in [0.3, 0.4) is 0 Å². The fraction of sp³-hybridized carbons (Fsp3) is 0.571. The number of hydrogen-bond acceptors (Lipinski definition) is 7. The minimum atomic E-state index is 0.383. The molecule has 29 heavy (non-hydrogen) atoms. The minimum absolute atomic E-state index is 0.383. The van der Waals surface area contributed by atoms with Gasteiger partial charge in [0.1, 0.15) is 5.69 Å². The van der Waals surface area contributed by atoms with Gasteiger partial charge in [0.05, 0.1) is 5.69 Å². The summed E-state index contributed by atoms with van der Waals surface area (Å²) < 4.78 is 4.26. The van der Waals surface area contributed by atoms with Crippen LogP contribution in [0.2, 0.25) is 0 Å². The Morgan fingerprint density at radius 3 is 2.55 bits per heavy atom. The second-order valence-corrected chi connectivity index (χ2v) is 8.93. The first-order chi connectivity index (χ1) is 14.1. The van der Waals surface area contributed by atoms with Crippen LogP contribution in [0.15, 0.2) is 30.6 Å². The Morgan fingerprint density at radius 1 is 1.24 bits per heavy atom. The largest absolute Gasteiger partial charge is 0.369 e. The summed E-state index contributed by atoms with van der Waals surface area (Å²) in [7, 11) is 4.00. The van der Waals surface area contributed by atoms with Gasteiger partial charge in [0.2, 0.25) is 0 Å². The van der Waals surface area contributed by atoms with E-state index in [2.05, 4.69) is 37.6 Å². The first-order valence-electron chi connectivity index (χ1n) is 10.3. The highest BCUT2D eigenvalue weighted by atomic mass is 32.2. The predicted molar refractivity (Wildman–Crippen MR) is 119 cm³/mol. The highest BCUT2D eigenvalue weighted by Crippen LogP contribution is 2.37. The van der Waals surface area contributed by atoms with E-state index in [0.717, 1.165) is 50.3 Å². The van der Waals surface area contributed by atoms with Gasteiger partial charge in [-0.15, -0.1) is 0 Å². The van der Waals surface area contributed by atoms with Crippen LogP contribution in [0.5, 0.6) is 0 Å². The van der Waals surface area contributed by atoms with E-state index in [9.17, 15) is 4.79 Å². The molecule has 2 fully saturated rings. The van der Waals surface area contributed by atoms with E-state index in [-0.39, 0.29) is 0 Å². The van der Waals surface area contributed by atoms with Crippen LogP contribution in [0, 0.1) is 0 Å². The number of aryl methyl sites for hydroxylation is 1. The number of aldehydes is 1. The van der Waals surface area contributed by atoms with E-state index in [1.807, 2.05) is 49.1 Å². The molecule has 8 heteroatoms.